The molecule has 3 heteroatoms. The Hall–Kier alpha value is -1.35. The van der Waals surface area contributed by atoms with Gasteiger partial charge in [0.1, 0.15) is 0 Å². The molecule has 74 valence electrons. The predicted molar refractivity (Wildman–Crippen MR) is 56.2 cm³/mol. The Balaban J connectivity index is 2.13. The van der Waals surface area contributed by atoms with Crippen LogP contribution >= 0.6 is 0 Å². The molecule has 0 amide bonds. The topological polar surface area (TPSA) is 36.4 Å². The van der Waals surface area contributed by atoms with Crippen LogP contribution in [0.2, 0.25) is 0 Å². The molecule has 0 unspecified atom stereocenters. The molecule has 1 aliphatic heterocycles. The van der Waals surface area contributed by atoms with E-state index < -0.39 is 6.10 Å². The van der Waals surface area contributed by atoms with E-state index in [1.54, 1.807) is 6.92 Å². The maximum atomic E-state index is 9.29. The van der Waals surface area contributed by atoms with Crippen molar-refractivity contribution >= 4 is 5.69 Å². The molecule has 0 bridgehead atoms. The van der Waals surface area contributed by atoms with Gasteiger partial charge in [-0.05, 0) is 19.1 Å². The maximum Gasteiger partial charge on any atom is 0.0931 e. The minimum absolute atomic E-state index is 0.485. The summed E-state index contributed by atoms with van der Waals surface area (Å²) in [5.74, 6) is 0. The third-order valence-corrected chi connectivity index (χ3v) is 2.38. The third-order valence-electron chi connectivity index (χ3n) is 2.38. The van der Waals surface area contributed by atoms with Gasteiger partial charge < -0.3 is 10.0 Å². The van der Waals surface area contributed by atoms with Crippen molar-refractivity contribution in [3.8, 4) is 0 Å². The van der Waals surface area contributed by atoms with Crippen LogP contribution in [0, 0.1) is 0 Å². The molecule has 1 aromatic rings. The van der Waals surface area contributed by atoms with Crippen LogP contribution in [0.4, 0.5) is 5.69 Å². The fourth-order valence-electron chi connectivity index (χ4n) is 1.52. The van der Waals surface area contributed by atoms with Crippen LogP contribution in [0.5, 0.6) is 0 Å². The number of aliphatic hydroxyl groups excluding tert-OH is 1. The number of aliphatic hydroxyl groups is 1. The smallest absolute Gasteiger partial charge is 0.0931 e. The van der Waals surface area contributed by atoms with E-state index in [9.17, 15) is 5.11 Å². The summed E-state index contributed by atoms with van der Waals surface area (Å²) >= 11 is 0. The molecule has 2 rings (SSSR count). The second-order valence-corrected chi connectivity index (χ2v) is 3.49. The summed E-state index contributed by atoms with van der Waals surface area (Å²) in [4.78, 5) is 6.42. The van der Waals surface area contributed by atoms with Crippen LogP contribution in [0.15, 0.2) is 30.5 Å². The second-order valence-electron chi connectivity index (χ2n) is 3.49. The summed E-state index contributed by atoms with van der Waals surface area (Å²) in [7, 11) is 0. The Morgan fingerprint density at radius 2 is 2.07 bits per heavy atom. The molecule has 1 atom stereocenters. The summed E-state index contributed by atoms with van der Waals surface area (Å²) < 4.78 is 0. The van der Waals surface area contributed by atoms with Crippen molar-refractivity contribution in [3.63, 3.8) is 0 Å². The Bertz CT molecular complexity index is 322. The van der Waals surface area contributed by atoms with Gasteiger partial charge in [0.05, 0.1) is 23.7 Å². The van der Waals surface area contributed by atoms with Crippen molar-refractivity contribution in [1.82, 2.24) is 4.98 Å². The maximum absolute atomic E-state index is 9.29. The van der Waals surface area contributed by atoms with Gasteiger partial charge in [-0.15, -0.1) is 0 Å². The van der Waals surface area contributed by atoms with Gasteiger partial charge in [0.2, 0.25) is 0 Å². The zero-order valence-electron chi connectivity index (χ0n) is 8.22. The van der Waals surface area contributed by atoms with Gasteiger partial charge in [-0.2, -0.15) is 0 Å². The van der Waals surface area contributed by atoms with Crippen LogP contribution in [0.3, 0.4) is 0 Å². The monoisotopic (exact) mass is 190 g/mol. The molecule has 0 aromatic carbocycles. The molecule has 14 heavy (non-hydrogen) atoms. The minimum atomic E-state index is -0.485. The fourth-order valence-corrected chi connectivity index (χ4v) is 1.52. The first kappa shape index (κ1) is 9.21. The van der Waals surface area contributed by atoms with E-state index in [0.29, 0.717) is 0 Å². The Kier molecular flexibility index (Phi) is 2.50. The van der Waals surface area contributed by atoms with E-state index in [2.05, 4.69) is 22.0 Å². The van der Waals surface area contributed by atoms with Gasteiger partial charge >= 0.3 is 0 Å². The number of pyridine rings is 1. The lowest BCUT2D eigenvalue weighted by Crippen LogP contribution is -2.18. The molecular weight excluding hydrogens is 176 g/mol. The van der Waals surface area contributed by atoms with Crippen LogP contribution < -0.4 is 4.90 Å². The standard InChI is InChI=1S/C11H14N2O/c1-9(14)11-5-4-10(8-12-11)13-6-2-3-7-13/h2-5,8-9,14H,6-7H2,1H3/t9-/m0/s1. The first-order valence-corrected chi connectivity index (χ1v) is 4.81. The highest BCUT2D eigenvalue weighted by Gasteiger charge is 2.08. The van der Waals surface area contributed by atoms with Crippen LogP contribution in [-0.2, 0) is 0 Å². The normalized spacial score (nSPS) is 17.4. The zero-order valence-corrected chi connectivity index (χ0v) is 8.22. The lowest BCUT2D eigenvalue weighted by molar-refractivity contribution is 0.194. The molecule has 1 aromatic heterocycles. The lowest BCUT2D eigenvalue weighted by atomic mass is 10.2. The van der Waals surface area contributed by atoms with Crippen LogP contribution in [0.25, 0.3) is 0 Å². The first-order valence-electron chi connectivity index (χ1n) is 4.81. The third kappa shape index (κ3) is 1.77. The number of rotatable bonds is 2. The van der Waals surface area contributed by atoms with E-state index in [1.165, 1.54) is 0 Å². The van der Waals surface area contributed by atoms with Crippen molar-refractivity contribution in [2.24, 2.45) is 0 Å². The van der Waals surface area contributed by atoms with Crippen molar-refractivity contribution in [2.75, 3.05) is 18.0 Å². The van der Waals surface area contributed by atoms with E-state index in [-0.39, 0.29) is 0 Å². The van der Waals surface area contributed by atoms with Gasteiger partial charge in [0, 0.05) is 13.1 Å². The Labute approximate surface area is 83.7 Å². The number of nitrogens with zero attached hydrogens (tertiary/aromatic N) is 2. The minimum Gasteiger partial charge on any atom is -0.387 e. The summed E-state index contributed by atoms with van der Waals surface area (Å²) in [6, 6.07) is 3.88. The summed E-state index contributed by atoms with van der Waals surface area (Å²) in [6.07, 6.45) is 5.61. The average molecular weight is 190 g/mol. The van der Waals surface area contributed by atoms with Gasteiger partial charge in [-0.3, -0.25) is 4.98 Å². The van der Waals surface area contributed by atoms with E-state index >= 15 is 0 Å². The van der Waals surface area contributed by atoms with Crippen LogP contribution in [-0.4, -0.2) is 23.2 Å². The Morgan fingerprint density at radius 3 is 2.57 bits per heavy atom. The van der Waals surface area contributed by atoms with Crippen LogP contribution in [0.1, 0.15) is 18.7 Å². The molecule has 1 aliphatic rings. The summed E-state index contributed by atoms with van der Waals surface area (Å²) in [6.45, 7) is 3.63. The van der Waals surface area contributed by atoms with Gasteiger partial charge in [0.15, 0.2) is 0 Å². The molecule has 0 spiro atoms. The van der Waals surface area contributed by atoms with E-state index in [1.807, 2.05) is 18.3 Å². The highest BCUT2D eigenvalue weighted by Crippen LogP contribution is 2.17. The highest BCUT2D eigenvalue weighted by molar-refractivity contribution is 5.47. The molecule has 0 aliphatic carbocycles. The zero-order chi connectivity index (χ0) is 9.97. The molecule has 0 saturated heterocycles. The van der Waals surface area contributed by atoms with Gasteiger partial charge in [0.25, 0.3) is 0 Å². The van der Waals surface area contributed by atoms with E-state index in [4.69, 9.17) is 0 Å². The van der Waals surface area contributed by atoms with Crippen molar-refractivity contribution in [3.05, 3.63) is 36.2 Å². The predicted octanol–water partition coefficient (Wildman–Crippen LogP) is 1.51. The molecular formula is C11H14N2O. The second kappa shape index (κ2) is 3.80. The number of hydrogen-bond donors (Lipinski definition) is 1. The largest absolute Gasteiger partial charge is 0.387 e. The van der Waals surface area contributed by atoms with Gasteiger partial charge in [-0.1, -0.05) is 12.2 Å². The number of anilines is 1. The molecule has 2 heterocycles. The molecule has 0 saturated carbocycles. The number of hydrogen-bond acceptors (Lipinski definition) is 3. The van der Waals surface area contributed by atoms with Gasteiger partial charge in [-0.25, -0.2) is 0 Å². The average Bonchev–Trinajstić information content (AvgIpc) is 2.71. The quantitative estimate of drug-likeness (QED) is 0.718. The van der Waals surface area contributed by atoms with E-state index in [0.717, 1.165) is 24.5 Å². The molecule has 0 fully saturated rings. The lowest BCUT2D eigenvalue weighted by Gasteiger charge is -2.17. The summed E-state index contributed by atoms with van der Waals surface area (Å²) in [5.41, 5.74) is 1.83. The van der Waals surface area contributed by atoms with Crippen molar-refractivity contribution in [2.45, 2.75) is 13.0 Å². The SMILES string of the molecule is C[C@H](O)c1ccc(N2CC=CC2)cn1. The Morgan fingerprint density at radius 1 is 1.36 bits per heavy atom. The molecule has 0 radical (unpaired) electrons. The van der Waals surface area contributed by atoms with Crippen molar-refractivity contribution in [1.29, 1.82) is 0 Å². The fraction of sp³-hybridized carbons (Fsp3) is 0.364. The molecule has 1 N–H and O–H groups in total. The summed E-state index contributed by atoms with van der Waals surface area (Å²) in [5, 5.41) is 9.29. The van der Waals surface area contributed by atoms with Crippen molar-refractivity contribution < 1.29 is 5.11 Å². The number of aromatic nitrogens is 1. The highest BCUT2D eigenvalue weighted by atomic mass is 16.3. The molecule has 3 nitrogen and oxygen atoms in total. The first-order chi connectivity index (χ1) is 6.77.